The number of Topliss-reactive ketones (excluding diaryl/α,β-unsaturated/α-hetero) is 1. The Morgan fingerprint density at radius 2 is 1.62 bits per heavy atom. The Labute approximate surface area is 181 Å². The number of thioether (sulfide) groups is 1. The van der Waals surface area contributed by atoms with Crippen molar-refractivity contribution in [3.05, 3.63) is 65.2 Å². The van der Waals surface area contributed by atoms with Gasteiger partial charge in [0.2, 0.25) is 0 Å². The number of nitrogens with zero attached hydrogens (tertiary/aromatic N) is 2. The number of carbonyl (C=O) groups is 2. The van der Waals surface area contributed by atoms with Gasteiger partial charge in [0.05, 0.1) is 5.56 Å². The summed E-state index contributed by atoms with van der Waals surface area (Å²) in [5, 5.41) is 0. The second kappa shape index (κ2) is 9.89. The number of carbonyl (C=O) groups excluding carboxylic acids is 2. The lowest BCUT2D eigenvalue weighted by Crippen LogP contribution is -2.50. The van der Waals surface area contributed by atoms with E-state index in [9.17, 15) is 9.59 Å². The molecule has 0 radical (unpaired) electrons. The summed E-state index contributed by atoms with van der Waals surface area (Å²) in [6.45, 7) is 5.94. The summed E-state index contributed by atoms with van der Waals surface area (Å²) in [5.41, 5.74) is 2.90. The van der Waals surface area contributed by atoms with Crippen LogP contribution in [0.25, 0.3) is 0 Å². The minimum Gasteiger partial charge on any atom is -0.409 e. The molecule has 2 aromatic carbocycles. The van der Waals surface area contributed by atoms with E-state index in [0.717, 1.165) is 10.1 Å². The molecular weight excluding hydrogens is 404 g/mol. The first kappa shape index (κ1) is 21.3. The maximum atomic E-state index is 12.5. The van der Waals surface area contributed by atoms with E-state index in [1.807, 2.05) is 0 Å². The van der Waals surface area contributed by atoms with Crippen LogP contribution in [-0.4, -0.2) is 52.2 Å². The van der Waals surface area contributed by atoms with E-state index in [0.29, 0.717) is 37.5 Å². The first-order valence-corrected chi connectivity index (χ1v) is 10.9. The minimum atomic E-state index is -0.434. The highest BCUT2D eigenvalue weighted by Crippen LogP contribution is 2.21. The van der Waals surface area contributed by atoms with Gasteiger partial charge in [-0.05, 0) is 31.5 Å². The van der Waals surface area contributed by atoms with Gasteiger partial charge in [0.1, 0.15) is 10.1 Å². The first-order valence-electron chi connectivity index (χ1n) is 9.48. The fourth-order valence-corrected chi connectivity index (χ4v) is 4.20. The maximum Gasteiger partial charge on any atom is 0.415 e. The molecule has 2 aromatic rings. The minimum absolute atomic E-state index is 0.130. The molecule has 0 saturated carbocycles. The van der Waals surface area contributed by atoms with Gasteiger partial charge in [-0.3, -0.25) is 4.79 Å². The third-order valence-electron chi connectivity index (χ3n) is 4.74. The van der Waals surface area contributed by atoms with E-state index in [2.05, 4.69) is 36.1 Å². The van der Waals surface area contributed by atoms with Crippen LogP contribution >= 0.6 is 24.0 Å². The van der Waals surface area contributed by atoms with E-state index < -0.39 is 6.09 Å². The number of amides is 1. The number of ketones is 1. The average molecular weight is 429 g/mol. The highest BCUT2D eigenvalue weighted by molar-refractivity contribution is 8.22. The molecule has 1 aliphatic heterocycles. The van der Waals surface area contributed by atoms with Crippen molar-refractivity contribution in [2.75, 3.05) is 26.2 Å². The second-order valence-electron chi connectivity index (χ2n) is 6.93. The van der Waals surface area contributed by atoms with E-state index >= 15 is 0 Å². The molecule has 1 fully saturated rings. The zero-order chi connectivity index (χ0) is 20.8. The number of aryl methyl sites for hydroxylation is 1. The molecule has 0 unspecified atom stereocenters. The van der Waals surface area contributed by atoms with Gasteiger partial charge < -0.3 is 14.5 Å². The number of benzene rings is 2. The summed E-state index contributed by atoms with van der Waals surface area (Å²) in [6, 6.07) is 15.3. The lowest BCUT2D eigenvalue weighted by atomic mass is 10.1. The summed E-state index contributed by atoms with van der Waals surface area (Å²) in [6.07, 6.45) is -0.434. The Kier molecular flexibility index (Phi) is 7.28. The van der Waals surface area contributed by atoms with Gasteiger partial charge in [-0.1, -0.05) is 65.9 Å². The molecule has 5 nitrogen and oxygen atoms in total. The van der Waals surface area contributed by atoms with E-state index in [4.69, 9.17) is 17.0 Å². The first-order chi connectivity index (χ1) is 13.9. The van der Waals surface area contributed by atoms with E-state index in [1.165, 1.54) is 18.1 Å². The molecule has 152 valence electrons. The Balaban J connectivity index is 1.48. The fraction of sp³-hybridized carbons (Fsp3) is 0.318. The van der Waals surface area contributed by atoms with Crippen molar-refractivity contribution in [3.63, 3.8) is 0 Å². The zero-order valence-electron chi connectivity index (χ0n) is 16.6. The lowest BCUT2D eigenvalue weighted by molar-refractivity contribution is 0.101. The lowest BCUT2D eigenvalue weighted by Gasteiger charge is -2.35. The van der Waals surface area contributed by atoms with Gasteiger partial charge in [0.25, 0.3) is 0 Å². The highest BCUT2D eigenvalue weighted by Gasteiger charge is 2.25. The van der Waals surface area contributed by atoms with Gasteiger partial charge in [-0.15, -0.1) is 0 Å². The molecular formula is C22H24N2O3S2. The maximum absolute atomic E-state index is 12.5. The van der Waals surface area contributed by atoms with Crippen LogP contribution < -0.4 is 4.74 Å². The highest BCUT2D eigenvalue weighted by atomic mass is 32.2. The summed E-state index contributed by atoms with van der Waals surface area (Å²) < 4.78 is 6.31. The van der Waals surface area contributed by atoms with E-state index in [1.54, 1.807) is 40.9 Å². The molecule has 0 spiro atoms. The number of hydrogen-bond donors (Lipinski definition) is 0. The Morgan fingerprint density at radius 3 is 2.28 bits per heavy atom. The number of rotatable bonds is 4. The third kappa shape index (κ3) is 5.81. The van der Waals surface area contributed by atoms with Crippen LogP contribution in [0.5, 0.6) is 5.75 Å². The molecule has 1 aliphatic rings. The van der Waals surface area contributed by atoms with Crippen molar-refractivity contribution < 1.29 is 14.3 Å². The van der Waals surface area contributed by atoms with Gasteiger partial charge >= 0.3 is 6.09 Å². The second-order valence-corrected chi connectivity index (χ2v) is 8.54. The molecule has 29 heavy (non-hydrogen) atoms. The van der Waals surface area contributed by atoms with Crippen molar-refractivity contribution in [2.45, 2.75) is 19.6 Å². The molecule has 0 bridgehead atoms. The van der Waals surface area contributed by atoms with Crippen LogP contribution in [0, 0.1) is 6.92 Å². The summed E-state index contributed by atoms with van der Waals surface area (Å²) in [4.78, 5) is 28.0. The summed E-state index contributed by atoms with van der Waals surface area (Å²) >= 11 is 7.22. The normalized spacial score (nSPS) is 13.9. The number of para-hydroxylation sites is 1. The summed E-state index contributed by atoms with van der Waals surface area (Å²) in [5.74, 6) is 1.01. The molecule has 7 heteroatoms. The van der Waals surface area contributed by atoms with Crippen molar-refractivity contribution in [1.29, 1.82) is 0 Å². The Hall–Kier alpha value is -2.38. The van der Waals surface area contributed by atoms with Crippen LogP contribution in [0.4, 0.5) is 4.79 Å². The van der Waals surface area contributed by atoms with Crippen molar-refractivity contribution >= 4 is 40.2 Å². The Morgan fingerprint density at radius 1 is 1.00 bits per heavy atom. The molecule has 0 aromatic heterocycles. The van der Waals surface area contributed by atoms with Gasteiger partial charge in [0, 0.05) is 31.9 Å². The predicted molar refractivity (Wildman–Crippen MR) is 121 cm³/mol. The van der Waals surface area contributed by atoms with Crippen molar-refractivity contribution in [3.8, 4) is 5.75 Å². The van der Waals surface area contributed by atoms with Crippen LogP contribution in [0.2, 0.25) is 0 Å². The summed E-state index contributed by atoms with van der Waals surface area (Å²) in [7, 11) is 0. The van der Waals surface area contributed by atoms with Crippen LogP contribution in [0.3, 0.4) is 0 Å². The zero-order valence-corrected chi connectivity index (χ0v) is 18.2. The smallest absolute Gasteiger partial charge is 0.409 e. The third-order valence-corrected chi connectivity index (χ3v) is 6.34. The van der Waals surface area contributed by atoms with Gasteiger partial charge in [-0.25, -0.2) is 4.79 Å². The van der Waals surface area contributed by atoms with Crippen molar-refractivity contribution in [2.24, 2.45) is 0 Å². The predicted octanol–water partition coefficient (Wildman–Crippen LogP) is 4.53. The standard InChI is InChI=1S/C22H24N2O3S2/c1-16-7-9-18(10-8-16)15-29-22(28)24-13-11-23(12-14-24)21(26)27-20-6-4-3-5-19(20)17(2)25/h3-10H,11-15H2,1-2H3. The Bertz CT molecular complexity index is 891. The van der Waals surface area contributed by atoms with E-state index in [-0.39, 0.29) is 5.78 Å². The quantitative estimate of drug-likeness (QED) is 0.527. The molecule has 0 N–H and O–H groups in total. The van der Waals surface area contributed by atoms with Crippen LogP contribution in [0.15, 0.2) is 48.5 Å². The molecule has 1 amide bonds. The largest absolute Gasteiger partial charge is 0.415 e. The SMILES string of the molecule is CC(=O)c1ccccc1OC(=O)N1CCN(C(=S)SCc2ccc(C)cc2)CC1. The number of ether oxygens (including phenoxy) is 1. The molecule has 1 heterocycles. The van der Waals surface area contributed by atoms with Crippen LogP contribution in [0.1, 0.15) is 28.4 Å². The topological polar surface area (TPSA) is 49.9 Å². The molecule has 0 aliphatic carbocycles. The van der Waals surface area contributed by atoms with Gasteiger partial charge in [0.15, 0.2) is 5.78 Å². The molecule has 1 saturated heterocycles. The van der Waals surface area contributed by atoms with Gasteiger partial charge in [-0.2, -0.15) is 0 Å². The monoisotopic (exact) mass is 428 g/mol. The number of thiocarbonyl (C=S) groups is 1. The fourth-order valence-electron chi connectivity index (χ4n) is 3.00. The molecule has 0 atom stereocenters. The van der Waals surface area contributed by atoms with Crippen molar-refractivity contribution in [1.82, 2.24) is 9.80 Å². The number of piperazine rings is 1. The molecule has 3 rings (SSSR count). The van der Waals surface area contributed by atoms with Crippen LogP contribution in [-0.2, 0) is 5.75 Å². The number of hydrogen-bond acceptors (Lipinski definition) is 5. The average Bonchev–Trinajstić information content (AvgIpc) is 2.73.